The number of hydrogen-bond acceptors (Lipinski definition) is 5. The molecule has 0 aromatic heterocycles. The van der Waals surface area contributed by atoms with E-state index in [0.29, 0.717) is 40.6 Å². The minimum Gasteiger partial charge on any atom is -0.497 e. The fourth-order valence-electron chi connectivity index (χ4n) is 2.70. The average Bonchev–Trinajstić information content (AvgIpc) is 2.63. The molecule has 1 aromatic carbocycles. The topological polar surface area (TPSA) is 85.9 Å². The molecule has 0 saturated heterocycles. The summed E-state index contributed by atoms with van der Waals surface area (Å²) < 4.78 is 16.0. The van der Waals surface area contributed by atoms with E-state index in [9.17, 15) is 9.59 Å². The van der Waals surface area contributed by atoms with Crippen LogP contribution in [0.2, 0.25) is 0 Å². The molecule has 7 nitrogen and oxygen atoms in total. The maximum atomic E-state index is 12.6. The van der Waals surface area contributed by atoms with Gasteiger partial charge in [-0.2, -0.15) is 0 Å². The van der Waals surface area contributed by atoms with Crippen molar-refractivity contribution in [2.75, 3.05) is 26.7 Å². The van der Waals surface area contributed by atoms with Gasteiger partial charge in [0.25, 0.3) is 0 Å². The van der Waals surface area contributed by atoms with Gasteiger partial charge >= 0.3 is 12.0 Å². The van der Waals surface area contributed by atoms with Gasteiger partial charge in [0.15, 0.2) is 0 Å². The second-order valence-electron chi connectivity index (χ2n) is 5.71. The molecule has 0 aliphatic carbocycles. The summed E-state index contributed by atoms with van der Waals surface area (Å²) in [6.07, 6.45) is 1.43. The lowest BCUT2D eigenvalue weighted by Crippen LogP contribution is -2.45. The molecule has 2 N–H and O–H groups in total. The number of hydrogen-bond donors (Lipinski definition) is 2. The van der Waals surface area contributed by atoms with Crippen LogP contribution < -0.4 is 20.1 Å². The van der Waals surface area contributed by atoms with Crippen molar-refractivity contribution in [2.45, 2.75) is 25.8 Å². The number of amides is 2. The summed E-state index contributed by atoms with van der Waals surface area (Å²) in [6.45, 7) is 1.92. The fraction of sp³-hybridized carbons (Fsp3) is 0.444. The lowest BCUT2D eigenvalue weighted by atomic mass is 9.94. The van der Waals surface area contributed by atoms with Gasteiger partial charge in [0.1, 0.15) is 11.5 Å². The third-order valence-corrected chi connectivity index (χ3v) is 4.27. The zero-order valence-electron chi connectivity index (χ0n) is 15.1. The molecule has 1 aromatic rings. The number of urea groups is 1. The summed E-state index contributed by atoms with van der Waals surface area (Å²) in [5.41, 5.74) is 1.36. The molecule has 1 unspecified atom stereocenters. The molecule has 26 heavy (non-hydrogen) atoms. The molecule has 0 saturated carbocycles. The van der Waals surface area contributed by atoms with E-state index in [4.69, 9.17) is 25.8 Å². The summed E-state index contributed by atoms with van der Waals surface area (Å²) >= 11 is 5.64. The number of unbranched alkanes of at least 4 members (excludes halogenated alkanes) is 1. The lowest BCUT2D eigenvalue weighted by Gasteiger charge is -2.29. The molecule has 1 aliphatic heterocycles. The average molecular weight is 383 g/mol. The third-order valence-electron chi connectivity index (χ3n) is 4.00. The maximum absolute atomic E-state index is 12.6. The lowest BCUT2D eigenvalue weighted by molar-refractivity contribution is -0.139. The summed E-state index contributed by atoms with van der Waals surface area (Å²) in [6, 6.07) is 4.07. The molecular formula is C18H23ClN2O5. The summed E-state index contributed by atoms with van der Waals surface area (Å²) in [7, 11) is 3.06. The van der Waals surface area contributed by atoms with Crippen LogP contribution in [0.1, 0.15) is 31.4 Å². The van der Waals surface area contributed by atoms with Gasteiger partial charge in [-0.15, -0.1) is 11.6 Å². The van der Waals surface area contributed by atoms with Crippen molar-refractivity contribution in [3.05, 3.63) is 35.0 Å². The van der Waals surface area contributed by atoms with E-state index in [2.05, 4.69) is 10.6 Å². The highest BCUT2D eigenvalue weighted by Crippen LogP contribution is 2.35. The molecule has 142 valence electrons. The van der Waals surface area contributed by atoms with Crippen molar-refractivity contribution in [3.8, 4) is 11.5 Å². The van der Waals surface area contributed by atoms with Gasteiger partial charge in [0, 0.05) is 17.1 Å². The maximum Gasteiger partial charge on any atom is 0.338 e. The predicted molar refractivity (Wildman–Crippen MR) is 97.6 cm³/mol. The Morgan fingerprint density at radius 3 is 2.65 bits per heavy atom. The normalized spacial score (nSPS) is 16.6. The van der Waals surface area contributed by atoms with Crippen molar-refractivity contribution < 1.29 is 23.8 Å². The molecule has 0 spiro atoms. The van der Waals surface area contributed by atoms with Crippen LogP contribution >= 0.6 is 11.6 Å². The zero-order valence-corrected chi connectivity index (χ0v) is 15.8. The predicted octanol–water partition coefficient (Wildman–Crippen LogP) is 2.89. The van der Waals surface area contributed by atoms with Gasteiger partial charge in [-0.05, 0) is 38.0 Å². The van der Waals surface area contributed by atoms with Crippen LogP contribution in [0.25, 0.3) is 0 Å². The van der Waals surface area contributed by atoms with Crippen LogP contribution in [0, 0.1) is 0 Å². The molecule has 2 amide bonds. The van der Waals surface area contributed by atoms with Gasteiger partial charge < -0.3 is 24.8 Å². The second kappa shape index (κ2) is 9.33. The third kappa shape index (κ3) is 4.60. The molecule has 0 bridgehead atoms. The number of halogens is 1. The Kier molecular flexibility index (Phi) is 7.15. The van der Waals surface area contributed by atoms with Crippen LogP contribution in [0.4, 0.5) is 4.79 Å². The van der Waals surface area contributed by atoms with E-state index in [0.717, 1.165) is 6.42 Å². The van der Waals surface area contributed by atoms with E-state index < -0.39 is 18.0 Å². The van der Waals surface area contributed by atoms with Crippen LogP contribution in [0.3, 0.4) is 0 Å². The minimum absolute atomic E-state index is 0.262. The Labute approximate surface area is 157 Å². The highest BCUT2D eigenvalue weighted by molar-refractivity contribution is 6.17. The monoisotopic (exact) mass is 382 g/mol. The molecule has 1 aliphatic rings. The van der Waals surface area contributed by atoms with Gasteiger partial charge in [0.05, 0.1) is 32.4 Å². The molecule has 2 rings (SSSR count). The molecule has 1 atom stereocenters. The number of alkyl halides is 1. The number of carbonyl (C=O) groups excluding carboxylic acids is 2. The number of esters is 1. The number of rotatable bonds is 8. The van der Waals surface area contributed by atoms with Crippen molar-refractivity contribution in [1.82, 2.24) is 10.6 Å². The summed E-state index contributed by atoms with van der Waals surface area (Å²) in [5, 5.41) is 5.37. The SMILES string of the molecule is COc1ccc(OC)c(C2NC(=O)NC(C)=C2C(=O)OCCCCCl)c1. The Morgan fingerprint density at radius 1 is 1.23 bits per heavy atom. The van der Waals surface area contributed by atoms with Crippen molar-refractivity contribution in [1.29, 1.82) is 0 Å². The minimum atomic E-state index is -0.714. The fourth-order valence-corrected chi connectivity index (χ4v) is 2.89. The molecule has 0 fully saturated rings. The van der Waals surface area contributed by atoms with Crippen LogP contribution in [0.15, 0.2) is 29.5 Å². The Balaban J connectivity index is 2.36. The van der Waals surface area contributed by atoms with Crippen molar-refractivity contribution >= 4 is 23.6 Å². The highest BCUT2D eigenvalue weighted by Gasteiger charge is 2.34. The van der Waals surface area contributed by atoms with Crippen molar-refractivity contribution in [2.24, 2.45) is 0 Å². The van der Waals surface area contributed by atoms with Gasteiger partial charge in [-0.1, -0.05) is 0 Å². The summed E-state index contributed by atoms with van der Waals surface area (Å²) in [4.78, 5) is 24.6. The van der Waals surface area contributed by atoms with E-state index in [1.807, 2.05) is 0 Å². The van der Waals surface area contributed by atoms with Crippen LogP contribution in [-0.4, -0.2) is 38.7 Å². The summed E-state index contributed by atoms with van der Waals surface area (Å²) in [5.74, 6) is 1.12. The first kappa shape index (κ1) is 19.9. The van der Waals surface area contributed by atoms with E-state index in [1.54, 1.807) is 32.2 Å². The first-order valence-electron chi connectivity index (χ1n) is 8.25. The second-order valence-corrected chi connectivity index (χ2v) is 6.09. The molecule has 8 heteroatoms. The standard InChI is InChI=1S/C18H23ClN2O5/c1-11-15(17(22)26-9-5-4-8-19)16(21-18(23)20-11)13-10-12(24-2)6-7-14(13)25-3/h6-7,10,16H,4-5,8-9H2,1-3H3,(H2,20,21,23). The van der Waals surface area contributed by atoms with Gasteiger partial charge in [0.2, 0.25) is 0 Å². The van der Waals surface area contributed by atoms with Crippen molar-refractivity contribution in [3.63, 3.8) is 0 Å². The van der Waals surface area contributed by atoms with Gasteiger partial charge in [-0.25, -0.2) is 9.59 Å². The zero-order chi connectivity index (χ0) is 19.1. The largest absolute Gasteiger partial charge is 0.497 e. The van der Waals surface area contributed by atoms with Gasteiger partial charge in [-0.3, -0.25) is 0 Å². The number of nitrogens with one attached hydrogen (secondary N) is 2. The number of carbonyl (C=O) groups is 2. The highest BCUT2D eigenvalue weighted by atomic mass is 35.5. The van der Waals surface area contributed by atoms with E-state index in [1.165, 1.54) is 7.11 Å². The number of methoxy groups -OCH3 is 2. The molecular weight excluding hydrogens is 360 g/mol. The smallest absolute Gasteiger partial charge is 0.338 e. The van der Waals surface area contributed by atoms with Crippen LogP contribution in [-0.2, 0) is 9.53 Å². The van der Waals surface area contributed by atoms with Crippen LogP contribution in [0.5, 0.6) is 11.5 Å². The Bertz CT molecular complexity index is 705. The van der Waals surface area contributed by atoms with E-state index in [-0.39, 0.29) is 6.61 Å². The molecule has 0 radical (unpaired) electrons. The Morgan fingerprint density at radius 2 is 2.00 bits per heavy atom. The number of allylic oxidation sites excluding steroid dienone is 1. The first-order chi connectivity index (χ1) is 12.5. The Hall–Kier alpha value is -2.41. The molecule has 1 heterocycles. The quantitative estimate of drug-likeness (QED) is 0.410. The number of benzene rings is 1. The van der Waals surface area contributed by atoms with E-state index >= 15 is 0 Å². The number of ether oxygens (including phenoxy) is 3. The first-order valence-corrected chi connectivity index (χ1v) is 8.78.